The van der Waals surface area contributed by atoms with Gasteiger partial charge in [0, 0.05) is 6.42 Å². The maximum absolute atomic E-state index is 11.6. The SMILES string of the molecule is COC(=O)CCCCCCC1C(O[Si](C)(C)C(C)(C)C)CC(O[Si](C)(C)C(C)(C)C)C1CCC(O)c1ccc2cc(C)ccc2c1. The quantitative estimate of drug-likeness (QED) is 0.116. The van der Waals surface area contributed by atoms with E-state index in [-0.39, 0.29) is 28.3 Å². The van der Waals surface area contributed by atoms with Crippen LogP contribution in [0.2, 0.25) is 36.3 Å². The molecule has 5 atom stereocenters. The molecule has 0 amide bonds. The zero-order valence-corrected chi connectivity index (χ0v) is 33.3. The number of rotatable bonds is 15. The van der Waals surface area contributed by atoms with Gasteiger partial charge in [0.05, 0.1) is 25.4 Å². The Morgan fingerprint density at radius 1 is 0.804 bits per heavy atom. The molecule has 46 heavy (non-hydrogen) atoms. The molecule has 5 nitrogen and oxygen atoms in total. The molecule has 1 aliphatic rings. The molecule has 260 valence electrons. The molecule has 1 fully saturated rings. The zero-order valence-electron chi connectivity index (χ0n) is 31.3. The third kappa shape index (κ3) is 10.2. The lowest BCUT2D eigenvalue weighted by Crippen LogP contribution is -2.45. The average Bonchev–Trinajstić information content (AvgIpc) is 3.25. The first-order valence-corrected chi connectivity index (χ1v) is 23.7. The van der Waals surface area contributed by atoms with Gasteiger partial charge in [0.1, 0.15) is 0 Å². The van der Waals surface area contributed by atoms with Gasteiger partial charge in [-0.05, 0) is 110 Å². The van der Waals surface area contributed by atoms with Crippen molar-refractivity contribution in [1.82, 2.24) is 0 Å². The predicted octanol–water partition coefficient (Wildman–Crippen LogP) is 10.9. The number of aryl methyl sites for hydroxylation is 1. The van der Waals surface area contributed by atoms with Gasteiger partial charge < -0.3 is 18.7 Å². The molecular formula is C39H66O5Si2. The topological polar surface area (TPSA) is 65.0 Å². The molecule has 2 aromatic rings. The minimum Gasteiger partial charge on any atom is -0.469 e. The van der Waals surface area contributed by atoms with E-state index in [1.54, 1.807) is 0 Å². The van der Waals surface area contributed by atoms with Gasteiger partial charge in [0.25, 0.3) is 0 Å². The lowest BCUT2D eigenvalue weighted by atomic mass is 9.84. The maximum atomic E-state index is 11.6. The Morgan fingerprint density at radius 3 is 1.89 bits per heavy atom. The van der Waals surface area contributed by atoms with E-state index in [0.29, 0.717) is 24.7 Å². The Kier molecular flexibility index (Phi) is 13.4. The van der Waals surface area contributed by atoms with Crippen LogP contribution in [0.15, 0.2) is 36.4 Å². The molecule has 0 radical (unpaired) electrons. The molecule has 3 rings (SSSR count). The van der Waals surface area contributed by atoms with Crippen LogP contribution in [-0.4, -0.2) is 47.0 Å². The van der Waals surface area contributed by atoms with Crippen LogP contribution in [0.3, 0.4) is 0 Å². The summed E-state index contributed by atoms with van der Waals surface area (Å²) in [5.74, 6) is 0.595. The van der Waals surface area contributed by atoms with E-state index >= 15 is 0 Å². The predicted molar refractivity (Wildman–Crippen MR) is 198 cm³/mol. The van der Waals surface area contributed by atoms with Crippen molar-refractivity contribution in [1.29, 1.82) is 0 Å². The smallest absolute Gasteiger partial charge is 0.305 e. The van der Waals surface area contributed by atoms with Gasteiger partial charge in [-0.3, -0.25) is 4.79 Å². The van der Waals surface area contributed by atoms with Gasteiger partial charge in [0.15, 0.2) is 16.6 Å². The Bertz CT molecular complexity index is 1280. The monoisotopic (exact) mass is 670 g/mol. The van der Waals surface area contributed by atoms with E-state index in [1.165, 1.54) is 23.4 Å². The van der Waals surface area contributed by atoms with E-state index in [1.807, 2.05) is 0 Å². The summed E-state index contributed by atoms with van der Waals surface area (Å²) in [5.41, 5.74) is 2.24. The summed E-state index contributed by atoms with van der Waals surface area (Å²) < 4.78 is 19.4. The molecule has 0 bridgehead atoms. The van der Waals surface area contributed by atoms with Crippen molar-refractivity contribution >= 4 is 33.4 Å². The van der Waals surface area contributed by atoms with E-state index in [9.17, 15) is 9.90 Å². The number of aliphatic hydroxyl groups is 1. The molecule has 2 aromatic carbocycles. The van der Waals surface area contributed by atoms with Gasteiger partial charge in [-0.15, -0.1) is 0 Å². The number of carbonyl (C=O) groups excluding carboxylic acids is 1. The lowest BCUT2D eigenvalue weighted by molar-refractivity contribution is -0.140. The Balaban J connectivity index is 1.86. The highest BCUT2D eigenvalue weighted by molar-refractivity contribution is 6.74. The third-order valence-electron chi connectivity index (χ3n) is 11.5. The average molecular weight is 671 g/mol. The number of unbranched alkanes of at least 4 members (excludes halogenated alkanes) is 3. The fourth-order valence-electron chi connectivity index (χ4n) is 6.52. The van der Waals surface area contributed by atoms with E-state index in [2.05, 4.69) is 111 Å². The number of fused-ring (bicyclic) bond motifs is 1. The summed E-state index contributed by atoms with van der Waals surface area (Å²) in [6, 6.07) is 12.9. The van der Waals surface area contributed by atoms with Crippen molar-refractivity contribution in [2.45, 2.75) is 161 Å². The highest BCUT2D eigenvalue weighted by Crippen LogP contribution is 2.49. The fourth-order valence-corrected chi connectivity index (χ4v) is 9.29. The molecule has 0 spiro atoms. The highest BCUT2D eigenvalue weighted by atomic mass is 28.4. The minimum atomic E-state index is -2.04. The molecule has 0 aliphatic heterocycles. The van der Waals surface area contributed by atoms with Crippen molar-refractivity contribution in [2.24, 2.45) is 11.8 Å². The lowest BCUT2D eigenvalue weighted by Gasteiger charge is -2.40. The van der Waals surface area contributed by atoms with Gasteiger partial charge in [-0.2, -0.15) is 0 Å². The largest absolute Gasteiger partial charge is 0.469 e. The third-order valence-corrected chi connectivity index (χ3v) is 20.6. The second-order valence-electron chi connectivity index (χ2n) is 17.1. The zero-order chi connectivity index (χ0) is 34.5. The molecule has 1 N–H and O–H groups in total. The Labute approximate surface area is 283 Å². The summed E-state index contributed by atoms with van der Waals surface area (Å²) in [6.07, 6.45) is 8.03. The van der Waals surface area contributed by atoms with Gasteiger partial charge in [-0.25, -0.2) is 0 Å². The van der Waals surface area contributed by atoms with E-state index in [4.69, 9.17) is 13.6 Å². The first-order valence-electron chi connectivity index (χ1n) is 17.9. The molecule has 0 aromatic heterocycles. The number of ether oxygens (including phenoxy) is 1. The van der Waals surface area contributed by atoms with Crippen molar-refractivity contribution in [3.05, 3.63) is 47.5 Å². The van der Waals surface area contributed by atoms with Gasteiger partial charge in [0.2, 0.25) is 0 Å². The Morgan fingerprint density at radius 2 is 1.33 bits per heavy atom. The van der Waals surface area contributed by atoms with Gasteiger partial charge >= 0.3 is 5.97 Å². The van der Waals surface area contributed by atoms with Crippen LogP contribution in [0.5, 0.6) is 0 Å². The number of methoxy groups -OCH3 is 1. The molecule has 0 saturated heterocycles. The first-order chi connectivity index (χ1) is 21.3. The number of hydrogen-bond donors (Lipinski definition) is 1. The van der Waals surface area contributed by atoms with E-state index < -0.39 is 22.7 Å². The van der Waals surface area contributed by atoms with Crippen LogP contribution >= 0.6 is 0 Å². The minimum absolute atomic E-state index is 0.119. The maximum Gasteiger partial charge on any atom is 0.305 e. The normalized spacial score (nSPS) is 21.9. The molecular weight excluding hydrogens is 605 g/mol. The summed E-state index contributed by atoms with van der Waals surface area (Å²) in [6.45, 7) is 25.6. The number of hydrogen-bond acceptors (Lipinski definition) is 5. The van der Waals surface area contributed by atoms with Crippen molar-refractivity contribution < 1.29 is 23.5 Å². The fraction of sp³-hybridized carbons (Fsp3) is 0.718. The molecule has 7 heteroatoms. The molecule has 1 saturated carbocycles. The van der Waals surface area contributed by atoms with Crippen LogP contribution in [-0.2, 0) is 18.4 Å². The second-order valence-corrected chi connectivity index (χ2v) is 26.6. The molecule has 1 aliphatic carbocycles. The van der Waals surface area contributed by atoms with Crippen LogP contribution in [0, 0.1) is 18.8 Å². The van der Waals surface area contributed by atoms with Gasteiger partial charge in [-0.1, -0.05) is 96.7 Å². The highest BCUT2D eigenvalue weighted by Gasteiger charge is 2.51. The van der Waals surface area contributed by atoms with Crippen molar-refractivity contribution in [2.75, 3.05) is 7.11 Å². The van der Waals surface area contributed by atoms with Crippen LogP contribution < -0.4 is 0 Å². The number of carbonyl (C=O) groups is 1. The number of aliphatic hydroxyl groups excluding tert-OH is 1. The summed E-state index contributed by atoms with van der Waals surface area (Å²) in [7, 11) is -2.59. The second kappa shape index (κ2) is 15.8. The Hall–Kier alpha value is -1.52. The number of benzene rings is 2. The summed E-state index contributed by atoms with van der Waals surface area (Å²) in [4.78, 5) is 11.6. The summed E-state index contributed by atoms with van der Waals surface area (Å²) in [5, 5.41) is 14.2. The van der Waals surface area contributed by atoms with Crippen molar-refractivity contribution in [3.8, 4) is 0 Å². The summed E-state index contributed by atoms with van der Waals surface area (Å²) >= 11 is 0. The van der Waals surface area contributed by atoms with Crippen LogP contribution in [0.25, 0.3) is 10.8 Å². The van der Waals surface area contributed by atoms with Crippen LogP contribution in [0.1, 0.15) is 117 Å². The standard InChI is InChI=1S/C39H66O5Si2/c1-28-19-20-30-26-31(22-21-29(30)25-28)34(40)24-23-33-32(17-15-13-14-16-18-37(41)42-8)35(43-45(9,10)38(2,3)4)27-36(33)44-46(11,12)39(5,6)7/h19-22,25-26,32-36,40H,13-18,23-24,27H2,1-12H3. The van der Waals surface area contributed by atoms with E-state index in [0.717, 1.165) is 50.5 Å². The molecule has 5 unspecified atom stereocenters. The molecule has 0 heterocycles. The number of esters is 1. The van der Waals surface area contributed by atoms with Crippen LogP contribution in [0.4, 0.5) is 0 Å². The first kappa shape index (κ1) is 38.9. The van der Waals surface area contributed by atoms with Crippen molar-refractivity contribution in [3.63, 3.8) is 0 Å².